The molecule has 0 N–H and O–H groups in total. The number of benzene rings is 2. The number of halogens is 1. The van der Waals surface area contributed by atoms with Crippen LogP contribution >= 0.6 is 11.6 Å². The number of hydrogen-bond acceptors (Lipinski definition) is 6. The monoisotopic (exact) mass is 491 g/mol. The van der Waals surface area contributed by atoms with Gasteiger partial charge >= 0.3 is 0 Å². The van der Waals surface area contributed by atoms with E-state index in [1.54, 1.807) is 14.2 Å². The summed E-state index contributed by atoms with van der Waals surface area (Å²) in [5.41, 5.74) is 5.88. The van der Waals surface area contributed by atoms with E-state index in [4.69, 9.17) is 31.2 Å². The molecule has 1 aliphatic heterocycles. The van der Waals surface area contributed by atoms with Crippen LogP contribution in [0, 0.1) is 13.8 Å². The van der Waals surface area contributed by atoms with Gasteiger partial charge in [-0.2, -0.15) is 9.61 Å². The maximum absolute atomic E-state index is 6.24. The van der Waals surface area contributed by atoms with Crippen molar-refractivity contribution < 1.29 is 9.47 Å². The van der Waals surface area contributed by atoms with E-state index in [9.17, 15) is 0 Å². The Morgan fingerprint density at radius 2 is 1.66 bits per heavy atom. The molecule has 8 heteroatoms. The molecule has 0 spiro atoms. The van der Waals surface area contributed by atoms with Crippen molar-refractivity contribution in [2.24, 2.45) is 0 Å². The first kappa shape index (κ1) is 23.5. The zero-order chi connectivity index (χ0) is 24.5. The van der Waals surface area contributed by atoms with E-state index in [1.165, 1.54) is 0 Å². The smallest absolute Gasteiger partial charge is 0.165 e. The van der Waals surface area contributed by atoms with Crippen molar-refractivity contribution in [2.45, 2.75) is 20.4 Å². The Kier molecular flexibility index (Phi) is 6.54. The summed E-state index contributed by atoms with van der Waals surface area (Å²) in [6.07, 6.45) is 0. The van der Waals surface area contributed by atoms with Crippen LogP contribution in [-0.2, 0) is 6.54 Å². The molecule has 35 heavy (non-hydrogen) atoms. The van der Waals surface area contributed by atoms with Crippen molar-refractivity contribution in [3.05, 3.63) is 70.5 Å². The lowest BCUT2D eigenvalue weighted by Gasteiger charge is -2.36. The van der Waals surface area contributed by atoms with Gasteiger partial charge in [-0.3, -0.25) is 4.90 Å². The van der Waals surface area contributed by atoms with Gasteiger partial charge in [-0.05, 0) is 38.1 Å². The van der Waals surface area contributed by atoms with Gasteiger partial charge in [-0.25, -0.2) is 4.98 Å². The van der Waals surface area contributed by atoms with Crippen LogP contribution in [0.1, 0.15) is 17.0 Å². The van der Waals surface area contributed by atoms with E-state index >= 15 is 0 Å². The highest BCUT2D eigenvalue weighted by Gasteiger charge is 2.24. The Hall–Kier alpha value is -3.29. The normalized spacial score (nSPS) is 14.5. The van der Waals surface area contributed by atoms with Gasteiger partial charge in [0.15, 0.2) is 5.65 Å². The number of methoxy groups -OCH3 is 2. The molecule has 2 aromatic heterocycles. The van der Waals surface area contributed by atoms with Gasteiger partial charge in [0.1, 0.15) is 17.3 Å². The number of aryl methyl sites for hydroxylation is 2. The van der Waals surface area contributed by atoms with Crippen molar-refractivity contribution in [3.8, 4) is 22.6 Å². The average Bonchev–Trinajstić information content (AvgIpc) is 3.19. The highest BCUT2D eigenvalue weighted by atomic mass is 35.5. The predicted molar refractivity (Wildman–Crippen MR) is 140 cm³/mol. The quantitative estimate of drug-likeness (QED) is 0.378. The van der Waals surface area contributed by atoms with E-state index in [0.717, 1.165) is 88.8 Å². The van der Waals surface area contributed by atoms with Crippen LogP contribution in [0.5, 0.6) is 11.5 Å². The highest BCUT2D eigenvalue weighted by Crippen LogP contribution is 2.36. The number of nitrogens with zero attached hydrogens (tertiary/aromatic N) is 5. The standard InChI is InChI=1S/C27H30ClN5O2/c1-18-15-25(32-13-11-31(12-14-32)17-20-16-21(28)9-10-23(20)34-3)33-27(29-18)26(19(2)30-33)22-7-5-6-8-24(22)35-4/h5-10,15-16H,11-14,17H2,1-4H3. The summed E-state index contributed by atoms with van der Waals surface area (Å²) in [6.45, 7) is 8.53. The molecule has 5 rings (SSSR count). The van der Waals surface area contributed by atoms with Crippen LogP contribution in [0.2, 0.25) is 5.02 Å². The first-order valence-corrected chi connectivity index (χ1v) is 12.2. The van der Waals surface area contributed by atoms with E-state index in [-0.39, 0.29) is 0 Å². The topological polar surface area (TPSA) is 55.1 Å². The molecule has 0 radical (unpaired) electrons. The Morgan fingerprint density at radius 3 is 2.40 bits per heavy atom. The Labute approximate surface area is 210 Å². The number of aromatic nitrogens is 3. The van der Waals surface area contributed by atoms with Gasteiger partial charge < -0.3 is 14.4 Å². The molecule has 0 saturated carbocycles. The van der Waals surface area contributed by atoms with Crippen molar-refractivity contribution in [1.82, 2.24) is 19.5 Å². The molecule has 0 unspecified atom stereocenters. The molecule has 0 amide bonds. The summed E-state index contributed by atoms with van der Waals surface area (Å²) in [5, 5.41) is 5.64. The van der Waals surface area contributed by atoms with Crippen molar-refractivity contribution in [3.63, 3.8) is 0 Å². The minimum atomic E-state index is 0.731. The van der Waals surface area contributed by atoms with Gasteiger partial charge in [-0.15, -0.1) is 0 Å². The summed E-state index contributed by atoms with van der Waals surface area (Å²) in [7, 11) is 3.40. The second-order valence-corrected chi connectivity index (χ2v) is 9.31. The fourth-order valence-corrected chi connectivity index (χ4v) is 5.06. The fraction of sp³-hybridized carbons (Fsp3) is 0.333. The fourth-order valence-electron chi connectivity index (χ4n) is 4.86. The zero-order valence-electron chi connectivity index (χ0n) is 20.6. The van der Waals surface area contributed by atoms with Crippen LogP contribution in [-0.4, -0.2) is 59.9 Å². The first-order chi connectivity index (χ1) is 17.0. The number of anilines is 1. The summed E-state index contributed by atoms with van der Waals surface area (Å²) in [5.74, 6) is 2.76. The van der Waals surface area contributed by atoms with E-state index in [0.29, 0.717) is 0 Å². The number of ether oxygens (including phenoxy) is 2. The van der Waals surface area contributed by atoms with E-state index < -0.39 is 0 Å². The minimum absolute atomic E-state index is 0.731. The third-order valence-corrected chi connectivity index (χ3v) is 6.82. The summed E-state index contributed by atoms with van der Waals surface area (Å²) in [6, 6.07) is 16.0. The van der Waals surface area contributed by atoms with Gasteiger partial charge in [0.05, 0.1) is 25.5 Å². The molecule has 2 aromatic carbocycles. The highest BCUT2D eigenvalue weighted by molar-refractivity contribution is 6.30. The molecule has 4 aromatic rings. The maximum atomic E-state index is 6.24. The van der Waals surface area contributed by atoms with Crippen LogP contribution in [0.3, 0.4) is 0 Å². The third-order valence-electron chi connectivity index (χ3n) is 6.58. The van der Waals surface area contributed by atoms with Crippen LogP contribution in [0.15, 0.2) is 48.5 Å². The van der Waals surface area contributed by atoms with Gasteiger partial charge in [0, 0.05) is 60.6 Å². The molecule has 0 bridgehead atoms. The van der Waals surface area contributed by atoms with E-state index in [2.05, 4.69) is 21.9 Å². The largest absolute Gasteiger partial charge is 0.496 e. The summed E-state index contributed by atoms with van der Waals surface area (Å²) < 4.78 is 13.2. The van der Waals surface area contributed by atoms with Gasteiger partial charge in [0.25, 0.3) is 0 Å². The number of fused-ring (bicyclic) bond motifs is 1. The Morgan fingerprint density at radius 1 is 0.914 bits per heavy atom. The Balaban J connectivity index is 1.42. The first-order valence-electron chi connectivity index (χ1n) is 11.8. The molecular formula is C27H30ClN5O2. The SMILES string of the molecule is COc1ccc(Cl)cc1CN1CCN(c2cc(C)nc3c(-c4ccccc4OC)c(C)nn23)CC1. The molecule has 1 fully saturated rings. The molecule has 1 aliphatic rings. The van der Waals surface area contributed by atoms with E-state index in [1.807, 2.05) is 54.8 Å². The molecule has 3 heterocycles. The van der Waals surface area contributed by atoms with Crippen molar-refractivity contribution >= 4 is 23.1 Å². The van der Waals surface area contributed by atoms with Crippen LogP contribution < -0.4 is 14.4 Å². The number of rotatable bonds is 6. The summed E-state index contributed by atoms with van der Waals surface area (Å²) >= 11 is 6.24. The zero-order valence-corrected chi connectivity index (χ0v) is 21.3. The van der Waals surface area contributed by atoms with Gasteiger partial charge in [0.2, 0.25) is 0 Å². The average molecular weight is 492 g/mol. The van der Waals surface area contributed by atoms with Crippen molar-refractivity contribution in [1.29, 1.82) is 0 Å². The van der Waals surface area contributed by atoms with Gasteiger partial charge in [-0.1, -0.05) is 29.8 Å². The molecule has 7 nitrogen and oxygen atoms in total. The predicted octanol–water partition coefficient (Wildman–Crippen LogP) is 5.01. The molecule has 1 saturated heterocycles. The summed E-state index contributed by atoms with van der Waals surface area (Å²) in [4.78, 5) is 9.71. The maximum Gasteiger partial charge on any atom is 0.165 e. The van der Waals surface area contributed by atoms with Crippen LogP contribution in [0.4, 0.5) is 5.82 Å². The molecular weight excluding hydrogens is 462 g/mol. The number of hydrogen-bond donors (Lipinski definition) is 0. The lowest BCUT2D eigenvalue weighted by Crippen LogP contribution is -2.46. The lowest BCUT2D eigenvalue weighted by molar-refractivity contribution is 0.245. The van der Waals surface area contributed by atoms with Crippen LogP contribution in [0.25, 0.3) is 16.8 Å². The number of para-hydroxylation sites is 1. The lowest BCUT2D eigenvalue weighted by atomic mass is 10.1. The van der Waals surface area contributed by atoms with Crippen molar-refractivity contribution in [2.75, 3.05) is 45.3 Å². The third kappa shape index (κ3) is 4.54. The molecule has 0 atom stereocenters. The minimum Gasteiger partial charge on any atom is -0.496 e. The molecule has 0 aliphatic carbocycles. The molecule has 182 valence electrons. The Bertz CT molecular complexity index is 1360. The number of piperazine rings is 1. The second kappa shape index (κ2) is 9.76. The second-order valence-electron chi connectivity index (χ2n) is 8.87.